The molecule has 2 rings (SSSR count). The van der Waals surface area contributed by atoms with Crippen molar-refractivity contribution >= 4 is 5.97 Å². The highest BCUT2D eigenvalue weighted by atomic mass is 16.7. The summed E-state index contributed by atoms with van der Waals surface area (Å²) in [7, 11) is 0. The van der Waals surface area contributed by atoms with E-state index in [2.05, 4.69) is 74.6 Å². The van der Waals surface area contributed by atoms with Gasteiger partial charge in [-0.25, -0.2) is 0 Å². The molecular weight excluding hydrogens is 957 g/mol. The monoisotopic (exact) mass is 1060 g/mol. The fourth-order valence-corrected chi connectivity index (χ4v) is 9.21. The van der Waals surface area contributed by atoms with Gasteiger partial charge in [-0.2, -0.15) is 0 Å². The van der Waals surface area contributed by atoms with Gasteiger partial charge in [-0.3, -0.25) is 4.79 Å². The summed E-state index contributed by atoms with van der Waals surface area (Å²) in [5, 5.41) is 72.4. The van der Waals surface area contributed by atoms with Crippen LogP contribution in [-0.2, 0) is 33.2 Å². The van der Waals surface area contributed by atoms with Crippen LogP contribution in [0.1, 0.15) is 219 Å². The van der Waals surface area contributed by atoms with Crippen molar-refractivity contribution < 1.29 is 69.0 Å². The molecule has 0 radical (unpaired) electrons. The van der Waals surface area contributed by atoms with E-state index in [1.165, 1.54) is 122 Å². The third-order valence-corrected chi connectivity index (χ3v) is 14.0. The molecule has 75 heavy (non-hydrogen) atoms. The van der Waals surface area contributed by atoms with Gasteiger partial charge in [0.1, 0.15) is 54.9 Å². The van der Waals surface area contributed by atoms with Gasteiger partial charge in [0.15, 0.2) is 12.6 Å². The molecule has 11 atom stereocenters. The molecular formula is C61H108O14. The molecule has 0 spiro atoms. The van der Waals surface area contributed by atoms with Crippen molar-refractivity contribution in [3.05, 3.63) is 60.8 Å². The first-order chi connectivity index (χ1) is 36.6. The van der Waals surface area contributed by atoms with Crippen LogP contribution in [0.25, 0.3) is 0 Å². The first kappa shape index (κ1) is 68.8. The van der Waals surface area contributed by atoms with Crippen LogP contribution in [0, 0.1) is 0 Å². The average molecular weight is 1070 g/mol. The summed E-state index contributed by atoms with van der Waals surface area (Å²) in [4.78, 5) is 13.1. The number of aliphatic hydroxyl groups excluding tert-OH is 7. The van der Waals surface area contributed by atoms with Crippen LogP contribution in [-0.4, -0.2) is 142 Å². The molecule has 0 saturated carbocycles. The minimum Gasteiger partial charge on any atom is -0.457 e. The SMILES string of the molecule is CC/C=C\C/C=C\C/C=C\C/C=C\CCCCCCCCCOCC(COC1OC(COC2OC(CO)C(O)C(O)C2O)C(O)C(O)C1O)OC(=O)CCCCCCCCCCC/C=C\CCCCCCCCCC. The number of allylic oxidation sites excluding steroid dienone is 10. The van der Waals surface area contributed by atoms with E-state index in [9.17, 15) is 40.5 Å². The predicted octanol–water partition coefficient (Wildman–Crippen LogP) is 10.9. The van der Waals surface area contributed by atoms with Crippen molar-refractivity contribution in [3.63, 3.8) is 0 Å². The van der Waals surface area contributed by atoms with E-state index in [1.807, 2.05) is 0 Å². The number of esters is 1. The molecule has 0 amide bonds. The highest BCUT2D eigenvalue weighted by molar-refractivity contribution is 5.69. The van der Waals surface area contributed by atoms with Crippen molar-refractivity contribution in [2.75, 3.05) is 33.0 Å². The Morgan fingerprint density at radius 2 is 0.867 bits per heavy atom. The van der Waals surface area contributed by atoms with Crippen LogP contribution in [0.3, 0.4) is 0 Å². The van der Waals surface area contributed by atoms with Crippen molar-refractivity contribution in [1.82, 2.24) is 0 Å². The molecule has 14 heteroatoms. The Labute approximate surface area is 454 Å². The Bertz CT molecular complexity index is 1470. The number of unbranched alkanes of at least 4 members (excludes halogenated alkanes) is 24. The average Bonchev–Trinajstić information content (AvgIpc) is 3.41. The lowest BCUT2D eigenvalue weighted by Gasteiger charge is -2.42. The largest absolute Gasteiger partial charge is 0.457 e. The Balaban J connectivity index is 1.71. The molecule has 0 aromatic carbocycles. The first-order valence-electron chi connectivity index (χ1n) is 29.9. The molecule has 2 fully saturated rings. The number of carbonyl (C=O) groups excluding carboxylic acids is 1. The minimum atomic E-state index is -1.71. The number of hydrogen-bond acceptors (Lipinski definition) is 14. The van der Waals surface area contributed by atoms with Gasteiger partial charge < -0.3 is 64.2 Å². The van der Waals surface area contributed by atoms with E-state index in [1.54, 1.807) is 0 Å². The van der Waals surface area contributed by atoms with Crippen LogP contribution in [0.15, 0.2) is 60.8 Å². The molecule has 2 aliphatic rings. The van der Waals surface area contributed by atoms with Crippen molar-refractivity contribution in [1.29, 1.82) is 0 Å². The highest BCUT2D eigenvalue weighted by Crippen LogP contribution is 2.27. The lowest BCUT2D eigenvalue weighted by atomic mass is 9.98. The van der Waals surface area contributed by atoms with Crippen LogP contribution >= 0.6 is 0 Å². The summed E-state index contributed by atoms with van der Waals surface area (Å²) < 4.78 is 34.4. The second-order valence-electron chi connectivity index (χ2n) is 20.8. The molecule has 14 nitrogen and oxygen atoms in total. The fraction of sp³-hybridized carbons (Fsp3) is 0.820. The number of rotatable bonds is 48. The van der Waals surface area contributed by atoms with Crippen LogP contribution in [0.4, 0.5) is 0 Å². The highest BCUT2D eigenvalue weighted by Gasteiger charge is 2.47. The number of carbonyl (C=O) groups is 1. The Morgan fingerprint density at radius 1 is 0.453 bits per heavy atom. The zero-order valence-electron chi connectivity index (χ0n) is 46.8. The van der Waals surface area contributed by atoms with Gasteiger partial charge in [0.25, 0.3) is 0 Å². The van der Waals surface area contributed by atoms with Crippen molar-refractivity contribution in [2.24, 2.45) is 0 Å². The molecule has 11 unspecified atom stereocenters. The Kier molecular flexibility index (Phi) is 43.7. The summed E-state index contributed by atoms with van der Waals surface area (Å²) in [6.07, 6.45) is 42.8. The van der Waals surface area contributed by atoms with Crippen molar-refractivity contribution in [2.45, 2.75) is 287 Å². The number of aliphatic hydroxyl groups is 7. The van der Waals surface area contributed by atoms with Crippen LogP contribution in [0.2, 0.25) is 0 Å². The maximum atomic E-state index is 13.1. The molecule has 0 bridgehead atoms. The molecule has 2 saturated heterocycles. The van der Waals surface area contributed by atoms with Crippen LogP contribution < -0.4 is 0 Å². The third kappa shape index (κ3) is 34.3. The maximum Gasteiger partial charge on any atom is 0.306 e. The summed E-state index contributed by atoms with van der Waals surface area (Å²) in [6.45, 7) is 3.57. The smallest absolute Gasteiger partial charge is 0.306 e. The molecule has 0 aromatic heterocycles. The van der Waals surface area contributed by atoms with Crippen LogP contribution in [0.5, 0.6) is 0 Å². The van der Waals surface area contributed by atoms with E-state index in [-0.39, 0.29) is 25.6 Å². The quantitative estimate of drug-likeness (QED) is 0.0172. The van der Waals surface area contributed by atoms with Gasteiger partial charge >= 0.3 is 5.97 Å². The van der Waals surface area contributed by atoms with Crippen molar-refractivity contribution in [3.8, 4) is 0 Å². The van der Waals surface area contributed by atoms with E-state index in [0.717, 1.165) is 70.6 Å². The minimum absolute atomic E-state index is 0.0519. The second-order valence-corrected chi connectivity index (χ2v) is 20.8. The molecule has 0 aliphatic carbocycles. The van der Waals surface area contributed by atoms with Gasteiger partial charge in [-0.15, -0.1) is 0 Å². The summed E-state index contributed by atoms with van der Waals surface area (Å²) in [6, 6.07) is 0. The summed E-state index contributed by atoms with van der Waals surface area (Å²) in [5.74, 6) is -0.382. The standard InChI is InChI=1S/C61H108O14/c1-3-5-7-9-11-13-15-17-19-21-23-25-26-28-30-32-34-36-38-40-42-44-53(63)73-50(47-70-45-43-41-39-37-35-33-31-29-27-24-22-20-18-16-14-12-10-8-6-4-2)48-71-60-59(69)57(67)55(65)52(75-60)49-72-61-58(68)56(66)54(64)51(46-62)74-61/h6,8,12,14,18,20-21,23-24,27,50-52,54-62,64-69H,3-5,7,9-11,13,15-17,19,22,25-26,28-49H2,1-2H3/b8-6-,14-12-,20-18-,23-21-,27-24-. The molecule has 0 aromatic rings. The van der Waals surface area contributed by atoms with E-state index in [0.29, 0.717) is 13.0 Å². The zero-order valence-corrected chi connectivity index (χ0v) is 46.8. The Hall–Kier alpha value is -2.31. The van der Waals surface area contributed by atoms with Gasteiger partial charge in [-0.1, -0.05) is 197 Å². The van der Waals surface area contributed by atoms with Gasteiger partial charge in [0.2, 0.25) is 0 Å². The molecule has 7 N–H and O–H groups in total. The van der Waals surface area contributed by atoms with E-state index in [4.69, 9.17) is 28.4 Å². The normalized spacial score (nSPS) is 25.0. The Morgan fingerprint density at radius 3 is 1.37 bits per heavy atom. The predicted molar refractivity (Wildman–Crippen MR) is 298 cm³/mol. The third-order valence-electron chi connectivity index (χ3n) is 14.0. The molecule has 436 valence electrons. The number of hydrogen-bond donors (Lipinski definition) is 7. The molecule has 2 heterocycles. The van der Waals surface area contributed by atoms with E-state index >= 15 is 0 Å². The zero-order chi connectivity index (χ0) is 54.4. The van der Waals surface area contributed by atoms with Gasteiger partial charge in [0.05, 0.1) is 26.4 Å². The fourth-order valence-electron chi connectivity index (χ4n) is 9.21. The second kappa shape index (κ2) is 47.7. The topological polar surface area (TPSA) is 214 Å². The number of ether oxygens (including phenoxy) is 6. The summed E-state index contributed by atoms with van der Waals surface area (Å²) in [5.41, 5.74) is 0. The van der Waals surface area contributed by atoms with E-state index < -0.39 is 80.7 Å². The first-order valence-corrected chi connectivity index (χ1v) is 29.9. The van der Waals surface area contributed by atoms with Gasteiger partial charge in [0, 0.05) is 13.0 Å². The lowest BCUT2D eigenvalue weighted by molar-refractivity contribution is -0.332. The molecule has 2 aliphatic heterocycles. The lowest BCUT2D eigenvalue weighted by Crippen LogP contribution is -2.61. The summed E-state index contributed by atoms with van der Waals surface area (Å²) >= 11 is 0. The van der Waals surface area contributed by atoms with Gasteiger partial charge in [-0.05, 0) is 77.0 Å². The maximum absolute atomic E-state index is 13.1.